The number of carbonyl (C=O) groups excluding carboxylic acids is 2. The summed E-state index contributed by atoms with van der Waals surface area (Å²) < 4.78 is 17.5. The number of hydrogen-bond acceptors (Lipinski definition) is 6. The second kappa shape index (κ2) is 5.96. The van der Waals surface area contributed by atoms with Crippen molar-refractivity contribution in [2.24, 2.45) is 10.9 Å². The summed E-state index contributed by atoms with van der Waals surface area (Å²) in [6, 6.07) is 1.17. The van der Waals surface area contributed by atoms with Crippen LogP contribution in [0, 0.1) is 5.82 Å². The third-order valence-corrected chi connectivity index (χ3v) is 2.53. The topological polar surface area (TPSA) is 81.8 Å². The van der Waals surface area contributed by atoms with E-state index in [1.165, 1.54) is 17.7 Å². The standard InChI is InChI=1S/C9H9FN2O3S/c10-6-1-4-16-9(6)7(13)5-8(14)15-3-2-12-11/h1-2,4H,3,5,11H2/b12-2-. The molecule has 1 heterocycles. The Labute approximate surface area is 94.7 Å². The minimum atomic E-state index is -0.738. The fourth-order valence-electron chi connectivity index (χ4n) is 0.928. The monoisotopic (exact) mass is 244 g/mol. The summed E-state index contributed by atoms with van der Waals surface area (Å²) in [6.45, 7) is -0.102. The van der Waals surface area contributed by atoms with Crippen molar-refractivity contribution in [1.82, 2.24) is 0 Å². The zero-order valence-electron chi connectivity index (χ0n) is 8.18. The van der Waals surface area contributed by atoms with Gasteiger partial charge in [0.15, 0.2) is 5.78 Å². The molecule has 0 aliphatic heterocycles. The number of nitrogens with two attached hydrogens (primary N) is 1. The predicted molar refractivity (Wildman–Crippen MR) is 56.9 cm³/mol. The number of carbonyl (C=O) groups is 2. The minimum Gasteiger partial charge on any atom is -0.459 e. The summed E-state index contributed by atoms with van der Waals surface area (Å²) in [5.41, 5.74) is 0. The number of thiophene rings is 1. The molecule has 0 unspecified atom stereocenters. The van der Waals surface area contributed by atoms with E-state index >= 15 is 0 Å². The van der Waals surface area contributed by atoms with Gasteiger partial charge >= 0.3 is 5.97 Å². The molecule has 0 fully saturated rings. The first-order valence-electron chi connectivity index (χ1n) is 4.28. The number of rotatable bonds is 5. The molecule has 86 valence electrons. The van der Waals surface area contributed by atoms with Gasteiger partial charge in [-0.15, -0.1) is 11.3 Å². The van der Waals surface area contributed by atoms with Crippen molar-refractivity contribution < 1.29 is 18.7 Å². The van der Waals surface area contributed by atoms with Gasteiger partial charge in [-0.1, -0.05) is 0 Å². The van der Waals surface area contributed by atoms with Crippen molar-refractivity contribution in [2.75, 3.05) is 6.61 Å². The van der Waals surface area contributed by atoms with Crippen LogP contribution in [-0.2, 0) is 9.53 Å². The summed E-state index contributed by atoms with van der Waals surface area (Å²) in [5.74, 6) is 2.82. The van der Waals surface area contributed by atoms with Crippen LogP contribution in [0.4, 0.5) is 4.39 Å². The van der Waals surface area contributed by atoms with Gasteiger partial charge in [-0.2, -0.15) is 5.10 Å². The SMILES string of the molecule is N/N=C\COC(=O)CC(=O)c1sccc1F. The number of nitrogens with zero attached hydrogens (tertiary/aromatic N) is 1. The molecule has 0 saturated carbocycles. The van der Waals surface area contributed by atoms with E-state index in [0.717, 1.165) is 11.3 Å². The Bertz CT molecular complexity index is 417. The van der Waals surface area contributed by atoms with Crippen LogP contribution in [0.25, 0.3) is 0 Å². The summed E-state index contributed by atoms with van der Waals surface area (Å²) in [4.78, 5) is 22.4. The van der Waals surface area contributed by atoms with Crippen molar-refractivity contribution in [3.8, 4) is 0 Å². The molecule has 0 aliphatic rings. The molecule has 1 aromatic rings. The Balaban J connectivity index is 2.46. The maximum Gasteiger partial charge on any atom is 0.314 e. The number of hydrazone groups is 1. The van der Waals surface area contributed by atoms with Gasteiger partial charge in [-0.25, -0.2) is 4.39 Å². The second-order valence-electron chi connectivity index (χ2n) is 2.71. The molecule has 0 saturated heterocycles. The first-order chi connectivity index (χ1) is 7.65. The maximum atomic E-state index is 13.0. The Morgan fingerprint density at radius 2 is 2.38 bits per heavy atom. The zero-order chi connectivity index (χ0) is 12.0. The third-order valence-electron chi connectivity index (χ3n) is 1.60. The maximum absolute atomic E-state index is 13.0. The van der Waals surface area contributed by atoms with E-state index < -0.39 is 24.0 Å². The van der Waals surface area contributed by atoms with Crippen LogP contribution in [0.1, 0.15) is 16.1 Å². The molecule has 5 nitrogen and oxygen atoms in total. The van der Waals surface area contributed by atoms with Crippen molar-refractivity contribution >= 4 is 29.3 Å². The number of ether oxygens (including phenoxy) is 1. The van der Waals surface area contributed by atoms with Crippen LogP contribution >= 0.6 is 11.3 Å². The normalized spacial score (nSPS) is 10.6. The van der Waals surface area contributed by atoms with E-state index in [9.17, 15) is 14.0 Å². The molecular weight excluding hydrogens is 235 g/mol. The summed E-state index contributed by atoms with van der Waals surface area (Å²) in [7, 11) is 0. The number of ketones is 1. The minimum absolute atomic E-state index is 0.0653. The number of esters is 1. The molecule has 0 aromatic carbocycles. The Morgan fingerprint density at radius 1 is 1.62 bits per heavy atom. The van der Waals surface area contributed by atoms with Gasteiger partial charge in [0.05, 0.1) is 6.21 Å². The van der Waals surface area contributed by atoms with Gasteiger partial charge in [0, 0.05) is 0 Å². The van der Waals surface area contributed by atoms with Crippen molar-refractivity contribution in [3.05, 3.63) is 22.1 Å². The van der Waals surface area contributed by atoms with Gasteiger partial charge in [-0.05, 0) is 11.4 Å². The van der Waals surface area contributed by atoms with Gasteiger partial charge in [0.2, 0.25) is 0 Å². The Hall–Kier alpha value is -1.76. The van der Waals surface area contributed by atoms with Crippen LogP contribution in [0.15, 0.2) is 16.5 Å². The van der Waals surface area contributed by atoms with Gasteiger partial charge in [0.25, 0.3) is 0 Å². The first kappa shape index (κ1) is 12.3. The lowest BCUT2D eigenvalue weighted by Crippen LogP contribution is -2.12. The number of halogens is 1. The van der Waals surface area contributed by atoms with E-state index in [-0.39, 0.29) is 11.5 Å². The van der Waals surface area contributed by atoms with Crippen molar-refractivity contribution in [3.63, 3.8) is 0 Å². The highest BCUT2D eigenvalue weighted by Gasteiger charge is 2.17. The highest BCUT2D eigenvalue weighted by Crippen LogP contribution is 2.16. The van der Waals surface area contributed by atoms with Gasteiger partial charge in [-0.3, -0.25) is 9.59 Å². The highest BCUT2D eigenvalue weighted by molar-refractivity contribution is 7.12. The largest absolute Gasteiger partial charge is 0.459 e. The third kappa shape index (κ3) is 3.43. The zero-order valence-corrected chi connectivity index (χ0v) is 9.00. The number of hydrogen-bond donors (Lipinski definition) is 1. The molecule has 1 aromatic heterocycles. The molecule has 0 spiro atoms. The molecule has 2 N–H and O–H groups in total. The summed E-state index contributed by atoms with van der Waals surface area (Å²) >= 11 is 0.949. The first-order valence-corrected chi connectivity index (χ1v) is 5.16. The van der Waals surface area contributed by atoms with E-state index in [1.54, 1.807) is 0 Å². The van der Waals surface area contributed by atoms with E-state index in [2.05, 4.69) is 9.84 Å². The van der Waals surface area contributed by atoms with Crippen molar-refractivity contribution in [2.45, 2.75) is 6.42 Å². The second-order valence-corrected chi connectivity index (χ2v) is 3.63. The quantitative estimate of drug-likeness (QED) is 0.209. The predicted octanol–water partition coefficient (Wildman–Crippen LogP) is 0.948. The van der Waals surface area contributed by atoms with Crippen LogP contribution in [-0.4, -0.2) is 24.6 Å². The molecule has 0 amide bonds. The summed E-state index contributed by atoms with van der Waals surface area (Å²) in [5, 5.41) is 4.55. The van der Waals surface area contributed by atoms with Gasteiger partial charge < -0.3 is 10.6 Å². The lowest BCUT2D eigenvalue weighted by Gasteiger charge is -1.99. The highest BCUT2D eigenvalue weighted by atomic mass is 32.1. The van der Waals surface area contributed by atoms with Crippen LogP contribution in [0.3, 0.4) is 0 Å². The van der Waals surface area contributed by atoms with Crippen LogP contribution in [0.2, 0.25) is 0 Å². The molecule has 0 bridgehead atoms. The summed E-state index contributed by atoms with van der Waals surface area (Å²) in [6.07, 6.45) is 0.684. The molecule has 1 rings (SSSR count). The Kier molecular flexibility index (Phi) is 4.59. The lowest BCUT2D eigenvalue weighted by molar-refractivity contribution is -0.140. The average Bonchev–Trinajstić information content (AvgIpc) is 2.65. The lowest BCUT2D eigenvalue weighted by atomic mass is 10.2. The average molecular weight is 244 g/mol. The smallest absolute Gasteiger partial charge is 0.314 e. The van der Waals surface area contributed by atoms with Crippen LogP contribution < -0.4 is 5.84 Å². The fraction of sp³-hybridized carbons (Fsp3) is 0.222. The van der Waals surface area contributed by atoms with Crippen molar-refractivity contribution in [1.29, 1.82) is 0 Å². The molecule has 16 heavy (non-hydrogen) atoms. The molecular formula is C9H9FN2O3S. The molecule has 7 heteroatoms. The fourth-order valence-corrected chi connectivity index (χ4v) is 1.64. The molecule has 0 radical (unpaired) electrons. The van der Waals surface area contributed by atoms with Crippen LogP contribution in [0.5, 0.6) is 0 Å². The van der Waals surface area contributed by atoms with E-state index in [0.29, 0.717) is 0 Å². The number of Topliss-reactive ketones (excluding diaryl/α,β-unsaturated/α-hetero) is 1. The Morgan fingerprint density at radius 3 is 2.94 bits per heavy atom. The molecule has 0 aliphatic carbocycles. The van der Waals surface area contributed by atoms with E-state index in [1.807, 2.05) is 0 Å². The van der Waals surface area contributed by atoms with E-state index in [4.69, 9.17) is 5.84 Å². The van der Waals surface area contributed by atoms with Gasteiger partial charge in [0.1, 0.15) is 23.7 Å². The molecule has 0 atom stereocenters.